The van der Waals surface area contributed by atoms with E-state index in [4.69, 9.17) is 5.73 Å². The molecule has 3 nitrogen and oxygen atoms in total. The first-order valence-electron chi connectivity index (χ1n) is 7.44. The SMILES string of the molecule is C[C@H](N)c1ccc(C(=O)NC2CCCCCC2)c(F)c1. The fourth-order valence-corrected chi connectivity index (χ4v) is 2.69. The van der Waals surface area contributed by atoms with Gasteiger partial charge in [0.05, 0.1) is 5.56 Å². The lowest BCUT2D eigenvalue weighted by atomic mass is 10.0. The second kappa shape index (κ2) is 6.84. The Hall–Kier alpha value is -1.42. The first kappa shape index (κ1) is 15.0. The summed E-state index contributed by atoms with van der Waals surface area (Å²) in [6.07, 6.45) is 6.71. The summed E-state index contributed by atoms with van der Waals surface area (Å²) in [5, 5.41) is 2.95. The topological polar surface area (TPSA) is 55.1 Å². The summed E-state index contributed by atoms with van der Waals surface area (Å²) in [6, 6.07) is 4.55. The van der Waals surface area contributed by atoms with Crippen LogP contribution in [0.25, 0.3) is 0 Å². The van der Waals surface area contributed by atoms with Crippen LogP contribution in [0, 0.1) is 5.82 Å². The zero-order valence-corrected chi connectivity index (χ0v) is 12.0. The third-order valence-electron chi connectivity index (χ3n) is 3.95. The highest BCUT2D eigenvalue weighted by atomic mass is 19.1. The monoisotopic (exact) mass is 278 g/mol. The van der Waals surface area contributed by atoms with Crippen molar-refractivity contribution < 1.29 is 9.18 Å². The normalized spacial score (nSPS) is 18.4. The van der Waals surface area contributed by atoms with E-state index in [1.807, 2.05) is 0 Å². The highest BCUT2D eigenvalue weighted by Crippen LogP contribution is 2.19. The van der Waals surface area contributed by atoms with Gasteiger partial charge in [-0.3, -0.25) is 4.79 Å². The van der Waals surface area contributed by atoms with Gasteiger partial charge in [-0.25, -0.2) is 4.39 Å². The van der Waals surface area contributed by atoms with Gasteiger partial charge in [0, 0.05) is 12.1 Å². The second-order valence-electron chi connectivity index (χ2n) is 5.69. The van der Waals surface area contributed by atoms with Gasteiger partial charge in [0.25, 0.3) is 5.91 Å². The molecule has 0 radical (unpaired) electrons. The third kappa shape index (κ3) is 3.79. The molecule has 0 heterocycles. The predicted molar refractivity (Wildman–Crippen MR) is 78.0 cm³/mol. The molecule has 0 spiro atoms. The van der Waals surface area contributed by atoms with Crippen molar-refractivity contribution in [3.63, 3.8) is 0 Å². The molecule has 1 aromatic rings. The fraction of sp³-hybridized carbons (Fsp3) is 0.562. The average Bonchev–Trinajstić information content (AvgIpc) is 2.67. The molecular weight excluding hydrogens is 255 g/mol. The molecule has 1 aliphatic rings. The number of carbonyl (C=O) groups is 1. The molecule has 110 valence electrons. The van der Waals surface area contributed by atoms with Gasteiger partial charge in [0.2, 0.25) is 0 Å². The summed E-state index contributed by atoms with van der Waals surface area (Å²) >= 11 is 0. The van der Waals surface area contributed by atoms with Gasteiger partial charge in [-0.05, 0) is 37.5 Å². The molecule has 1 amide bonds. The van der Waals surface area contributed by atoms with E-state index >= 15 is 0 Å². The van der Waals surface area contributed by atoms with Crippen LogP contribution in [0.1, 0.15) is 67.4 Å². The molecule has 0 aliphatic heterocycles. The van der Waals surface area contributed by atoms with Crippen molar-refractivity contribution in [2.45, 2.75) is 57.5 Å². The number of nitrogens with two attached hydrogens (primary N) is 1. The minimum atomic E-state index is -0.495. The summed E-state index contributed by atoms with van der Waals surface area (Å²) in [4.78, 5) is 12.1. The van der Waals surface area contributed by atoms with Gasteiger partial charge in [0.1, 0.15) is 5.82 Å². The van der Waals surface area contributed by atoms with Gasteiger partial charge in [-0.15, -0.1) is 0 Å². The van der Waals surface area contributed by atoms with Crippen molar-refractivity contribution >= 4 is 5.91 Å². The van der Waals surface area contributed by atoms with Gasteiger partial charge >= 0.3 is 0 Å². The molecule has 4 heteroatoms. The van der Waals surface area contributed by atoms with Crippen LogP contribution in [0.3, 0.4) is 0 Å². The molecule has 1 fully saturated rings. The molecule has 1 aromatic carbocycles. The Labute approximate surface area is 119 Å². The number of nitrogens with one attached hydrogen (secondary N) is 1. The van der Waals surface area contributed by atoms with E-state index in [0.717, 1.165) is 25.7 Å². The maximum atomic E-state index is 14.0. The van der Waals surface area contributed by atoms with Crippen molar-refractivity contribution in [1.82, 2.24) is 5.32 Å². The Morgan fingerprint density at radius 3 is 2.50 bits per heavy atom. The van der Waals surface area contributed by atoms with E-state index in [1.165, 1.54) is 25.0 Å². The lowest BCUT2D eigenvalue weighted by molar-refractivity contribution is 0.0929. The molecule has 0 bridgehead atoms. The standard InChI is InChI=1S/C16H23FN2O/c1-11(18)12-8-9-14(15(17)10-12)16(20)19-13-6-4-2-3-5-7-13/h8-11,13H,2-7,18H2,1H3,(H,19,20)/t11-/m0/s1. The zero-order chi connectivity index (χ0) is 14.5. The number of amides is 1. The van der Waals surface area contributed by atoms with E-state index in [1.54, 1.807) is 13.0 Å². The Kier molecular flexibility index (Phi) is 5.12. The van der Waals surface area contributed by atoms with Gasteiger partial charge in [-0.1, -0.05) is 31.7 Å². The van der Waals surface area contributed by atoms with Crippen LogP contribution in [0.15, 0.2) is 18.2 Å². The molecule has 2 rings (SSSR count). The Morgan fingerprint density at radius 2 is 1.95 bits per heavy atom. The molecule has 1 saturated carbocycles. The maximum Gasteiger partial charge on any atom is 0.254 e. The minimum absolute atomic E-state index is 0.110. The number of rotatable bonds is 3. The number of hydrogen-bond acceptors (Lipinski definition) is 2. The lowest BCUT2D eigenvalue weighted by Gasteiger charge is -2.17. The third-order valence-corrected chi connectivity index (χ3v) is 3.95. The molecule has 0 saturated heterocycles. The van der Waals surface area contributed by atoms with E-state index in [0.29, 0.717) is 5.56 Å². The Bertz CT molecular complexity index is 466. The first-order valence-corrected chi connectivity index (χ1v) is 7.44. The van der Waals surface area contributed by atoms with E-state index < -0.39 is 5.82 Å². The lowest BCUT2D eigenvalue weighted by Crippen LogP contribution is -2.34. The van der Waals surface area contributed by atoms with Crippen LogP contribution in [0.4, 0.5) is 4.39 Å². The van der Waals surface area contributed by atoms with Crippen LogP contribution in [0.5, 0.6) is 0 Å². The van der Waals surface area contributed by atoms with Crippen molar-refractivity contribution in [3.8, 4) is 0 Å². The maximum absolute atomic E-state index is 14.0. The zero-order valence-electron chi connectivity index (χ0n) is 12.0. The molecular formula is C16H23FN2O. The van der Waals surface area contributed by atoms with E-state index in [-0.39, 0.29) is 23.6 Å². The molecule has 1 atom stereocenters. The summed E-state index contributed by atoms with van der Waals surface area (Å²) in [6.45, 7) is 1.79. The second-order valence-corrected chi connectivity index (χ2v) is 5.69. The van der Waals surface area contributed by atoms with Crippen LogP contribution in [-0.4, -0.2) is 11.9 Å². The smallest absolute Gasteiger partial charge is 0.254 e. The number of carbonyl (C=O) groups excluding carboxylic acids is 1. The molecule has 3 N–H and O–H groups in total. The van der Waals surface area contributed by atoms with Crippen LogP contribution in [0.2, 0.25) is 0 Å². The minimum Gasteiger partial charge on any atom is -0.349 e. The number of hydrogen-bond donors (Lipinski definition) is 2. The first-order chi connectivity index (χ1) is 9.58. The Balaban J connectivity index is 2.04. The summed E-state index contributed by atoms with van der Waals surface area (Å²) in [5.41, 5.74) is 6.52. The van der Waals surface area contributed by atoms with Crippen molar-refractivity contribution in [2.24, 2.45) is 5.73 Å². The van der Waals surface area contributed by atoms with E-state index in [2.05, 4.69) is 5.32 Å². The molecule has 0 unspecified atom stereocenters. The summed E-state index contributed by atoms with van der Waals surface area (Å²) < 4.78 is 14.0. The van der Waals surface area contributed by atoms with Crippen molar-refractivity contribution in [1.29, 1.82) is 0 Å². The highest BCUT2D eigenvalue weighted by Gasteiger charge is 2.18. The summed E-state index contributed by atoms with van der Waals surface area (Å²) in [5.74, 6) is -0.809. The molecule has 20 heavy (non-hydrogen) atoms. The van der Waals surface area contributed by atoms with Crippen LogP contribution < -0.4 is 11.1 Å². The average molecular weight is 278 g/mol. The fourth-order valence-electron chi connectivity index (χ4n) is 2.69. The van der Waals surface area contributed by atoms with Crippen molar-refractivity contribution in [3.05, 3.63) is 35.1 Å². The van der Waals surface area contributed by atoms with Crippen LogP contribution >= 0.6 is 0 Å². The molecule has 1 aliphatic carbocycles. The van der Waals surface area contributed by atoms with E-state index in [9.17, 15) is 9.18 Å². The Morgan fingerprint density at radius 1 is 1.30 bits per heavy atom. The van der Waals surface area contributed by atoms with Crippen molar-refractivity contribution in [2.75, 3.05) is 0 Å². The van der Waals surface area contributed by atoms with Gasteiger partial charge in [0.15, 0.2) is 0 Å². The molecule has 0 aromatic heterocycles. The van der Waals surface area contributed by atoms with Crippen LogP contribution in [-0.2, 0) is 0 Å². The largest absolute Gasteiger partial charge is 0.349 e. The number of halogens is 1. The van der Waals surface area contributed by atoms with Gasteiger partial charge < -0.3 is 11.1 Å². The number of benzene rings is 1. The summed E-state index contributed by atoms with van der Waals surface area (Å²) in [7, 11) is 0. The quantitative estimate of drug-likeness (QED) is 0.833. The van der Waals surface area contributed by atoms with Gasteiger partial charge in [-0.2, -0.15) is 0 Å². The highest BCUT2D eigenvalue weighted by molar-refractivity contribution is 5.94. The predicted octanol–water partition coefficient (Wildman–Crippen LogP) is 3.30.